The van der Waals surface area contributed by atoms with Crippen LogP contribution in [-0.2, 0) is 12.8 Å². The molecule has 0 aliphatic heterocycles. The highest BCUT2D eigenvalue weighted by Gasteiger charge is 2.19. The highest BCUT2D eigenvalue weighted by atomic mass is 15.2. The van der Waals surface area contributed by atoms with Crippen molar-refractivity contribution in [1.29, 1.82) is 0 Å². The molecule has 2 nitrogen and oxygen atoms in total. The summed E-state index contributed by atoms with van der Waals surface area (Å²) in [5.74, 6) is 0. The van der Waals surface area contributed by atoms with Crippen LogP contribution in [0.2, 0.25) is 0 Å². The summed E-state index contributed by atoms with van der Waals surface area (Å²) in [7, 11) is 0. The smallest absolute Gasteiger partial charge is 0.0493 e. The topological polar surface area (TPSA) is 6.48 Å². The van der Waals surface area contributed by atoms with Crippen molar-refractivity contribution >= 4 is 34.1 Å². The molecule has 0 bridgehead atoms. The Kier molecular flexibility index (Phi) is 10.7. The molecule has 0 spiro atoms. The van der Waals surface area contributed by atoms with Crippen molar-refractivity contribution in [3.63, 3.8) is 0 Å². The summed E-state index contributed by atoms with van der Waals surface area (Å²) >= 11 is 0. The van der Waals surface area contributed by atoms with Gasteiger partial charge in [0, 0.05) is 34.1 Å². The molecule has 0 unspecified atom stereocenters. The maximum absolute atomic E-state index is 2.42. The highest BCUT2D eigenvalue weighted by molar-refractivity contribution is 5.83. The Morgan fingerprint density at radius 2 is 0.652 bits per heavy atom. The first-order valence-corrected chi connectivity index (χ1v) is 17.2. The number of aryl methyl sites for hydroxylation is 8. The molecule has 5 rings (SSSR count). The quantitative estimate of drug-likeness (QED) is 0.139. The van der Waals surface area contributed by atoms with Gasteiger partial charge in [0.15, 0.2) is 0 Å². The van der Waals surface area contributed by atoms with Crippen molar-refractivity contribution in [2.24, 2.45) is 0 Å². The molecule has 0 atom stereocenters. The summed E-state index contributed by atoms with van der Waals surface area (Å²) in [5.41, 5.74) is 17.7. The van der Waals surface area contributed by atoms with Crippen LogP contribution in [0.5, 0.6) is 0 Å². The second kappa shape index (κ2) is 14.9. The average molecular weight is 609 g/mol. The van der Waals surface area contributed by atoms with Gasteiger partial charge in [-0.05, 0) is 172 Å². The number of anilines is 6. The van der Waals surface area contributed by atoms with E-state index in [2.05, 4.69) is 162 Å². The summed E-state index contributed by atoms with van der Waals surface area (Å²) in [5, 5.41) is 0. The van der Waals surface area contributed by atoms with Gasteiger partial charge < -0.3 is 9.80 Å². The molecule has 0 saturated heterocycles. The first kappa shape index (κ1) is 33.1. The first-order valence-electron chi connectivity index (χ1n) is 17.2. The molecule has 0 aromatic heterocycles. The summed E-state index contributed by atoms with van der Waals surface area (Å²) in [4.78, 5) is 4.84. The maximum Gasteiger partial charge on any atom is 0.0493 e. The van der Waals surface area contributed by atoms with E-state index in [-0.39, 0.29) is 0 Å². The van der Waals surface area contributed by atoms with E-state index in [1.165, 1.54) is 92.9 Å². The Labute approximate surface area is 278 Å². The van der Waals surface area contributed by atoms with E-state index in [9.17, 15) is 0 Å². The third kappa shape index (κ3) is 7.39. The molecule has 0 heterocycles. The van der Waals surface area contributed by atoms with Crippen LogP contribution in [0, 0.1) is 41.5 Å². The van der Waals surface area contributed by atoms with E-state index in [4.69, 9.17) is 0 Å². The number of rotatable bonds is 12. The summed E-state index contributed by atoms with van der Waals surface area (Å²) in [6, 6.07) is 36.8. The van der Waals surface area contributed by atoms with Gasteiger partial charge in [-0.25, -0.2) is 0 Å². The van der Waals surface area contributed by atoms with Gasteiger partial charge in [0.05, 0.1) is 0 Å². The third-order valence-corrected chi connectivity index (χ3v) is 9.50. The summed E-state index contributed by atoms with van der Waals surface area (Å²) in [6.07, 6.45) is 7.12. The van der Waals surface area contributed by atoms with Crippen molar-refractivity contribution in [2.75, 3.05) is 9.80 Å². The molecule has 0 aliphatic rings. The van der Waals surface area contributed by atoms with Crippen LogP contribution in [0.15, 0.2) is 97.1 Å². The molecule has 0 amide bonds. The Hall–Kier alpha value is -4.30. The maximum atomic E-state index is 2.42. The lowest BCUT2D eigenvalue weighted by Crippen LogP contribution is -2.14. The Bertz CT molecular complexity index is 1610. The van der Waals surface area contributed by atoms with Crippen molar-refractivity contribution < 1.29 is 0 Å². The van der Waals surface area contributed by atoms with Crippen LogP contribution in [-0.4, -0.2) is 0 Å². The second-order valence-corrected chi connectivity index (χ2v) is 13.2. The van der Waals surface area contributed by atoms with Crippen molar-refractivity contribution in [2.45, 2.75) is 93.9 Å². The number of hydrogen-bond acceptors (Lipinski definition) is 2. The zero-order valence-electron chi connectivity index (χ0n) is 29.4. The first-order chi connectivity index (χ1) is 22.2. The molecule has 5 aromatic rings. The largest absolute Gasteiger partial charge is 0.310 e. The lowest BCUT2D eigenvalue weighted by Gasteiger charge is -2.30. The van der Waals surface area contributed by atoms with Gasteiger partial charge in [0.25, 0.3) is 0 Å². The zero-order chi connectivity index (χ0) is 32.8. The SMILES string of the molecule is CCCCc1ccc(N(c2ccc(N(c3ccc(CCCC)cc3)c3cc(C)c(C)cc3C)cc2)c2cc(C)c(C)cc2C)cc1. The summed E-state index contributed by atoms with van der Waals surface area (Å²) in [6.45, 7) is 17.8. The Morgan fingerprint density at radius 3 is 0.957 bits per heavy atom. The normalized spacial score (nSPS) is 11.1. The molecule has 0 aliphatic carbocycles. The fourth-order valence-electron chi connectivity index (χ4n) is 6.36. The molecule has 0 radical (unpaired) electrons. The van der Waals surface area contributed by atoms with E-state index in [0.29, 0.717) is 0 Å². The molecule has 0 saturated carbocycles. The minimum absolute atomic E-state index is 1.13. The fourth-order valence-corrected chi connectivity index (χ4v) is 6.36. The van der Waals surface area contributed by atoms with Crippen LogP contribution < -0.4 is 9.80 Å². The Balaban J connectivity index is 1.60. The number of benzene rings is 5. The molecular formula is C44H52N2. The van der Waals surface area contributed by atoms with Gasteiger partial charge in [-0.2, -0.15) is 0 Å². The monoisotopic (exact) mass is 608 g/mol. The summed E-state index contributed by atoms with van der Waals surface area (Å²) < 4.78 is 0. The van der Waals surface area contributed by atoms with Crippen molar-refractivity contribution in [3.8, 4) is 0 Å². The molecule has 0 fully saturated rings. The van der Waals surface area contributed by atoms with Crippen LogP contribution in [0.4, 0.5) is 34.1 Å². The molecule has 2 heteroatoms. The zero-order valence-corrected chi connectivity index (χ0v) is 29.4. The highest BCUT2D eigenvalue weighted by Crippen LogP contribution is 2.42. The second-order valence-electron chi connectivity index (χ2n) is 13.2. The average Bonchev–Trinajstić information content (AvgIpc) is 3.06. The van der Waals surface area contributed by atoms with Crippen molar-refractivity contribution in [1.82, 2.24) is 0 Å². The minimum atomic E-state index is 1.13. The number of hydrogen-bond donors (Lipinski definition) is 0. The third-order valence-electron chi connectivity index (χ3n) is 9.50. The van der Waals surface area contributed by atoms with Gasteiger partial charge in [-0.3, -0.25) is 0 Å². The molecule has 0 N–H and O–H groups in total. The molecule has 46 heavy (non-hydrogen) atoms. The van der Waals surface area contributed by atoms with Crippen LogP contribution in [0.25, 0.3) is 0 Å². The van der Waals surface area contributed by atoms with Gasteiger partial charge in [0.2, 0.25) is 0 Å². The van der Waals surface area contributed by atoms with E-state index >= 15 is 0 Å². The minimum Gasteiger partial charge on any atom is -0.310 e. The fraction of sp³-hybridized carbons (Fsp3) is 0.318. The lowest BCUT2D eigenvalue weighted by atomic mass is 10.0. The van der Waals surface area contributed by atoms with Gasteiger partial charge in [0.1, 0.15) is 0 Å². The van der Waals surface area contributed by atoms with Gasteiger partial charge in [-0.15, -0.1) is 0 Å². The van der Waals surface area contributed by atoms with E-state index in [1.54, 1.807) is 0 Å². The van der Waals surface area contributed by atoms with Crippen molar-refractivity contribution in [3.05, 3.63) is 142 Å². The predicted octanol–water partition coefficient (Wildman–Crippen LogP) is 13.2. The number of nitrogens with zero attached hydrogens (tertiary/aromatic N) is 2. The molecule has 238 valence electrons. The predicted molar refractivity (Wildman–Crippen MR) is 201 cm³/mol. The van der Waals surface area contributed by atoms with E-state index in [1.807, 2.05) is 0 Å². The molecular weight excluding hydrogens is 556 g/mol. The van der Waals surface area contributed by atoms with E-state index < -0.39 is 0 Å². The standard InChI is InChI=1S/C44H52N2/c1-9-11-13-37-15-19-39(20-16-37)45(43-29-33(5)31(3)27-35(43)7)41-23-25-42(26-24-41)46(44-30-34(6)32(4)28-36(44)8)40-21-17-38(18-22-40)14-12-10-2/h15-30H,9-14H2,1-8H3. The molecule has 5 aromatic carbocycles. The van der Waals surface area contributed by atoms with Crippen LogP contribution >= 0.6 is 0 Å². The van der Waals surface area contributed by atoms with Crippen LogP contribution in [0.3, 0.4) is 0 Å². The Morgan fingerprint density at radius 1 is 0.370 bits per heavy atom. The van der Waals surface area contributed by atoms with Gasteiger partial charge in [-0.1, -0.05) is 63.1 Å². The van der Waals surface area contributed by atoms with Crippen LogP contribution in [0.1, 0.15) is 84.0 Å². The van der Waals surface area contributed by atoms with E-state index in [0.717, 1.165) is 24.2 Å². The lowest BCUT2D eigenvalue weighted by molar-refractivity contribution is 0.795. The van der Waals surface area contributed by atoms with Gasteiger partial charge >= 0.3 is 0 Å². The number of unbranched alkanes of at least 4 members (excludes halogenated alkanes) is 2.